The Labute approximate surface area is 640 Å². The van der Waals surface area contributed by atoms with Crippen LogP contribution in [0.15, 0.2) is 54.6 Å². The van der Waals surface area contributed by atoms with Crippen LogP contribution in [0.5, 0.6) is 5.75 Å². The maximum atomic E-state index is 14.7. The first-order valence-electron chi connectivity index (χ1n) is 37.4. The fourth-order valence-electron chi connectivity index (χ4n) is 14.0. The van der Waals surface area contributed by atoms with Crippen molar-refractivity contribution in [3.8, 4) is 5.75 Å². The van der Waals surface area contributed by atoms with E-state index in [9.17, 15) is 74.7 Å². The van der Waals surface area contributed by atoms with Crippen molar-refractivity contribution < 1.29 is 98.4 Å². The molecule has 13 atom stereocenters. The number of carbonyl (C=O) groups excluding carboxylic acids is 11. The van der Waals surface area contributed by atoms with Gasteiger partial charge in [-0.15, -0.1) is 0 Å². The summed E-state index contributed by atoms with van der Waals surface area (Å²) in [7, 11) is 8.32. The monoisotopic (exact) mass is 1560 g/mol. The normalized spacial score (nSPS) is 17.9. The average molecular weight is 1560 g/mol. The first-order chi connectivity index (χ1) is 52.0. The van der Waals surface area contributed by atoms with Crippen molar-refractivity contribution >= 4 is 70.9 Å². The molecule has 2 aliphatic rings. The number of nitrogens with two attached hydrogens (primary N) is 1. The second kappa shape index (κ2) is 44.2. The Balaban J connectivity index is 1.15. The van der Waals surface area contributed by atoms with Crippen LogP contribution < -0.4 is 47.7 Å². The van der Waals surface area contributed by atoms with Crippen molar-refractivity contribution in [2.45, 2.75) is 194 Å². The van der Waals surface area contributed by atoms with Crippen molar-refractivity contribution in [1.82, 2.24) is 51.5 Å². The molecule has 3 aromatic rings. The smallest absolute Gasteiger partial charge is 0.314 e. The first-order valence-corrected chi connectivity index (χ1v) is 37.4. The Bertz CT molecular complexity index is 3570. The number of halogens is 5. The molecule has 28 nitrogen and oxygen atoms in total. The molecule has 110 heavy (non-hydrogen) atoms. The molecular formula is C77H113F5N12O16. The highest BCUT2D eigenvalue weighted by molar-refractivity contribution is 5.99. The van der Waals surface area contributed by atoms with Crippen LogP contribution in [0.1, 0.15) is 132 Å². The number of carbonyl (C=O) groups is 11. The summed E-state index contributed by atoms with van der Waals surface area (Å²) in [4.78, 5) is 156. The molecule has 612 valence electrons. The maximum absolute atomic E-state index is 14.7. The molecule has 0 spiro atoms. The third-order valence-corrected chi connectivity index (χ3v) is 20.1. The molecule has 0 radical (unpaired) electrons. The van der Waals surface area contributed by atoms with Crippen LogP contribution in [0.3, 0.4) is 0 Å². The van der Waals surface area contributed by atoms with Crippen LogP contribution in [-0.4, -0.2) is 227 Å². The van der Waals surface area contributed by atoms with Gasteiger partial charge in [0.25, 0.3) is 0 Å². The summed E-state index contributed by atoms with van der Waals surface area (Å²) in [6, 6.07) is 8.31. The van der Waals surface area contributed by atoms with Gasteiger partial charge in [0.15, 0.2) is 0 Å². The van der Waals surface area contributed by atoms with Crippen LogP contribution in [-0.2, 0) is 79.9 Å². The molecule has 2 saturated heterocycles. The summed E-state index contributed by atoms with van der Waals surface area (Å²) < 4.78 is 96.8. The van der Waals surface area contributed by atoms with Gasteiger partial charge in [-0.2, -0.15) is 8.78 Å². The number of likely N-dealkylation sites (N-methyl/N-ethyl adjacent to an activating group) is 2. The standard InChI is InChI=1S/C77H113F5N12O16/c1-16-45(8)67(92(13)75(103)65(43(4)5)90-74(102)66(44(6)7)91(11)12)55(106-14)38-57(96)94-32-21-25-54(94)68(107-15)47(10)70(98)88-53(37-48-22-18-17-19-23-48)71(99)85-39-49-26-28-51(29-27-49)86-72(100)52(24-20-31-84-77(83)105)87-73(101)64(42(2)3)89-56(95)40-108-34-35-109-41-58(97)93-33-30-50(36-46(93)9)76(104)110-69-62(81)60(79)59(78)61(80)63(69)82/h17-19,22-23,26-29,42-47,50,52-55,64-68H,16,20-21,24-25,30-41H2,1-15H3,(H,85,99)(H,86,100)(H,87,101)(H,88,98)(H,89,95)(H,90,102)(H3,83,84,105)/t45-,46?,47+,50?,52-,53-,54-,55+,64-,65-,66-,67-,68+/m0/s1. The van der Waals surface area contributed by atoms with Gasteiger partial charge in [-0.3, -0.25) is 52.8 Å². The molecule has 9 N–H and O–H groups in total. The van der Waals surface area contributed by atoms with E-state index in [4.69, 9.17) is 24.7 Å². The highest BCUT2D eigenvalue weighted by Crippen LogP contribution is 2.34. The Morgan fingerprint density at radius 2 is 1.24 bits per heavy atom. The molecule has 2 fully saturated rings. The summed E-state index contributed by atoms with van der Waals surface area (Å²) >= 11 is 0. The number of amides is 11. The van der Waals surface area contributed by atoms with Crippen molar-refractivity contribution in [3.63, 3.8) is 0 Å². The number of anilines is 1. The number of ether oxygens (including phenoxy) is 5. The van der Waals surface area contributed by atoms with E-state index >= 15 is 0 Å². The molecule has 0 saturated carbocycles. The van der Waals surface area contributed by atoms with E-state index in [0.717, 1.165) is 5.56 Å². The summed E-state index contributed by atoms with van der Waals surface area (Å²) in [6.45, 7) is 17.3. The second-order valence-electron chi connectivity index (χ2n) is 29.5. The van der Waals surface area contributed by atoms with Crippen LogP contribution in [0, 0.1) is 64.6 Å². The minimum Gasteiger partial charge on any atom is -0.420 e. The highest BCUT2D eigenvalue weighted by atomic mass is 19.2. The molecule has 33 heteroatoms. The van der Waals surface area contributed by atoms with Gasteiger partial charge in [0.05, 0.1) is 61.8 Å². The largest absolute Gasteiger partial charge is 0.420 e. The number of hydrogen-bond donors (Lipinski definition) is 8. The number of likely N-dealkylation sites (tertiary alicyclic amines) is 2. The Morgan fingerprint density at radius 3 is 1.80 bits per heavy atom. The number of nitrogens with zero attached hydrogens (tertiary/aromatic N) is 4. The molecule has 11 amide bonds. The number of rotatable bonds is 42. The number of urea groups is 1. The van der Waals surface area contributed by atoms with Gasteiger partial charge in [-0.25, -0.2) is 18.0 Å². The lowest BCUT2D eigenvalue weighted by molar-refractivity contribution is -0.148. The van der Waals surface area contributed by atoms with Crippen molar-refractivity contribution in [2.24, 2.45) is 41.2 Å². The molecule has 0 bridgehead atoms. The number of esters is 1. The zero-order valence-corrected chi connectivity index (χ0v) is 65.7. The van der Waals surface area contributed by atoms with Crippen molar-refractivity contribution in [3.05, 3.63) is 94.8 Å². The summed E-state index contributed by atoms with van der Waals surface area (Å²) in [5, 5.41) is 19.5. The van der Waals surface area contributed by atoms with E-state index in [1.54, 1.807) is 68.8 Å². The predicted octanol–water partition coefficient (Wildman–Crippen LogP) is 5.65. The van der Waals surface area contributed by atoms with Crippen molar-refractivity contribution in [2.75, 3.05) is 86.7 Å². The molecule has 0 aliphatic carbocycles. The van der Waals surface area contributed by atoms with E-state index in [1.165, 1.54) is 19.1 Å². The van der Waals surface area contributed by atoms with Gasteiger partial charge >= 0.3 is 12.0 Å². The molecule has 3 aromatic carbocycles. The lowest BCUT2D eigenvalue weighted by atomic mass is 9.89. The SMILES string of the molecule is CC[C@H](C)[C@@H]([C@@H](CC(=O)N1CCC[C@H]1[C@H](OC)[C@@H](C)C(=O)N[C@@H](Cc1ccccc1)C(=O)NCc1ccc(NC(=O)[C@H](CCCNC(N)=O)NC(=O)[C@@H](NC(=O)COCCOCC(=O)N2CCC(C(=O)Oc3c(F)c(F)c(F)c(F)c3F)CC2C)C(C)C)cc1)OC)N(C)C(=O)[C@@H](NC(=O)[C@H](C(C)C)N(C)C)C(C)C. The third-order valence-electron chi connectivity index (χ3n) is 20.1. The van der Waals surface area contributed by atoms with E-state index in [2.05, 4.69) is 42.0 Å². The maximum Gasteiger partial charge on any atom is 0.314 e. The number of piperidine rings is 1. The van der Waals surface area contributed by atoms with Crippen LogP contribution >= 0.6 is 0 Å². The number of benzene rings is 3. The topological polar surface area (TPSA) is 357 Å². The van der Waals surface area contributed by atoms with E-state index in [-0.39, 0.29) is 107 Å². The Morgan fingerprint density at radius 1 is 0.627 bits per heavy atom. The predicted molar refractivity (Wildman–Crippen MR) is 397 cm³/mol. The quantitative estimate of drug-likeness (QED) is 0.00848. The molecule has 2 unspecified atom stereocenters. The molecule has 5 rings (SSSR count). The zero-order valence-electron chi connectivity index (χ0n) is 65.7. The highest BCUT2D eigenvalue weighted by Gasteiger charge is 2.45. The first kappa shape index (κ1) is 91.7. The zero-order chi connectivity index (χ0) is 82.0. The lowest BCUT2D eigenvalue weighted by Crippen LogP contribution is -2.59. The van der Waals surface area contributed by atoms with Gasteiger partial charge < -0.3 is 81.3 Å². The average Bonchev–Trinajstić information content (AvgIpc) is 0.925. The molecule has 0 aromatic heterocycles. The number of nitrogens with one attached hydrogen (secondary N) is 7. The van der Waals surface area contributed by atoms with Crippen LogP contribution in [0.2, 0.25) is 0 Å². The van der Waals surface area contributed by atoms with Gasteiger partial charge in [-0.05, 0) is 106 Å². The fourth-order valence-corrected chi connectivity index (χ4v) is 14.0. The minimum absolute atomic E-state index is 0.00312. The van der Waals surface area contributed by atoms with Gasteiger partial charge in [0, 0.05) is 65.6 Å². The second-order valence-corrected chi connectivity index (χ2v) is 29.5. The van der Waals surface area contributed by atoms with Gasteiger partial charge in [0.1, 0.15) is 37.4 Å². The van der Waals surface area contributed by atoms with Gasteiger partial charge in [-0.1, -0.05) is 111 Å². The van der Waals surface area contributed by atoms with Gasteiger partial charge in [0.2, 0.25) is 88.0 Å². The summed E-state index contributed by atoms with van der Waals surface area (Å²) in [5.74, 6) is -21.7. The molecule has 2 aliphatic heterocycles. The van der Waals surface area contributed by atoms with Crippen molar-refractivity contribution in [1.29, 1.82) is 0 Å². The van der Waals surface area contributed by atoms with Crippen LogP contribution in [0.4, 0.5) is 32.4 Å². The molecular weight excluding hydrogens is 1440 g/mol. The molecule has 2 heterocycles. The number of methoxy groups -OCH3 is 2. The van der Waals surface area contributed by atoms with E-state index in [1.807, 2.05) is 90.9 Å². The third kappa shape index (κ3) is 26.1. The Hall–Kier alpha value is -8.92. The summed E-state index contributed by atoms with van der Waals surface area (Å²) in [5.41, 5.74) is 6.95. The number of hydrogen-bond acceptors (Lipinski definition) is 17. The number of primary amides is 1. The van der Waals surface area contributed by atoms with E-state index < -0.39 is 174 Å². The van der Waals surface area contributed by atoms with Crippen LogP contribution in [0.25, 0.3) is 0 Å². The summed E-state index contributed by atoms with van der Waals surface area (Å²) in [6.07, 6.45) is 0.359. The fraction of sp³-hybridized carbons (Fsp3) is 0.623. The lowest BCUT2D eigenvalue weighted by Gasteiger charge is -2.41. The minimum atomic E-state index is -2.41. The van der Waals surface area contributed by atoms with E-state index in [0.29, 0.717) is 37.1 Å². The Kier molecular flexibility index (Phi) is 36.8.